The predicted molar refractivity (Wildman–Crippen MR) is 283 cm³/mol. The van der Waals surface area contributed by atoms with Crippen molar-refractivity contribution in [1.29, 1.82) is 0 Å². The Hall–Kier alpha value is -6.42. The zero-order valence-corrected chi connectivity index (χ0v) is 45.6. The molecule has 4 heterocycles. The number of aryl methyl sites for hydroxylation is 1. The number of anilines is 1. The zero-order valence-electron chi connectivity index (χ0n) is 41.5. The van der Waals surface area contributed by atoms with Crippen LogP contribution in [0, 0.1) is 6.92 Å². The van der Waals surface area contributed by atoms with Crippen molar-refractivity contribution in [1.82, 2.24) is 20.5 Å². The van der Waals surface area contributed by atoms with Crippen molar-refractivity contribution in [3.05, 3.63) is 130 Å². The molecule has 25 heteroatoms. The Kier molecular flexibility index (Phi) is 14.3. The second kappa shape index (κ2) is 19.6. The molecule has 394 valence electrons. The minimum Gasteiger partial charge on any atom is -0.352 e. The summed E-state index contributed by atoms with van der Waals surface area (Å²) in [5.41, 5.74) is 4.43. The summed E-state index contributed by atoms with van der Waals surface area (Å²) >= 11 is 0.682. The van der Waals surface area contributed by atoms with Crippen LogP contribution in [-0.4, -0.2) is 104 Å². The summed E-state index contributed by atoms with van der Waals surface area (Å²) in [5, 5.41) is 16.8. The molecule has 6 N–H and O–H groups in total. The van der Waals surface area contributed by atoms with Crippen LogP contribution in [0.2, 0.25) is 0 Å². The highest BCUT2D eigenvalue weighted by molar-refractivity contribution is 7.91. The van der Waals surface area contributed by atoms with Gasteiger partial charge in [0.2, 0.25) is 10.0 Å². The molecule has 1 amide bonds. The van der Waals surface area contributed by atoms with E-state index >= 15 is 0 Å². The molecule has 0 radical (unpaired) electrons. The van der Waals surface area contributed by atoms with E-state index < -0.39 is 71.2 Å². The van der Waals surface area contributed by atoms with Crippen LogP contribution in [0.25, 0.3) is 27.1 Å². The number of Topliss-reactive ketones (excluding diaryl/α,β-unsaturated/α-hetero) is 1. The summed E-state index contributed by atoms with van der Waals surface area (Å²) < 4.78 is 130. The summed E-state index contributed by atoms with van der Waals surface area (Å²) in [4.78, 5) is 31.1. The molecule has 4 aromatic carbocycles. The number of pyridine rings is 1. The lowest BCUT2D eigenvalue weighted by molar-refractivity contribution is -0.433. The third-order valence-electron chi connectivity index (χ3n) is 13.4. The first-order valence-electron chi connectivity index (χ1n) is 23.1. The van der Waals surface area contributed by atoms with Crippen molar-refractivity contribution in [2.45, 2.75) is 91.2 Å². The van der Waals surface area contributed by atoms with Crippen LogP contribution in [0.4, 0.5) is 11.4 Å². The molecule has 0 bridgehead atoms. The van der Waals surface area contributed by atoms with Crippen molar-refractivity contribution in [2.24, 2.45) is 5.14 Å². The predicted octanol–water partition coefficient (Wildman–Crippen LogP) is 6.60. The van der Waals surface area contributed by atoms with Gasteiger partial charge in [0.05, 0.1) is 32.9 Å². The van der Waals surface area contributed by atoms with E-state index in [1.807, 2.05) is 82.9 Å². The topological polar surface area (TPSA) is 314 Å². The molecular formula is C50H52N7O13S5+. The Morgan fingerprint density at radius 3 is 2.04 bits per heavy atom. The van der Waals surface area contributed by atoms with E-state index in [4.69, 9.17) is 10.1 Å². The van der Waals surface area contributed by atoms with Gasteiger partial charge in [-0.1, -0.05) is 37.3 Å². The molecule has 0 saturated heterocycles. The average molecular weight is 1120 g/mol. The second-order valence-corrected chi connectivity index (χ2v) is 26.0. The summed E-state index contributed by atoms with van der Waals surface area (Å²) in [6.45, 7) is 14.3. The summed E-state index contributed by atoms with van der Waals surface area (Å²) in [6.07, 6.45) is 8.54. The fourth-order valence-corrected chi connectivity index (χ4v) is 13.5. The number of aromatic nitrogens is 3. The van der Waals surface area contributed by atoms with Crippen molar-refractivity contribution >= 4 is 108 Å². The molecule has 0 fully saturated rings. The van der Waals surface area contributed by atoms with E-state index in [0.717, 1.165) is 22.3 Å². The van der Waals surface area contributed by atoms with E-state index in [-0.39, 0.29) is 51.4 Å². The van der Waals surface area contributed by atoms with Crippen LogP contribution in [0.3, 0.4) is 0 Å². The van der Waals surface area contributed by atoms with Crippen LogP contribution in [0.5, 0.6) is 0 Å². The quantitative estimate of drug-likeness (QED) is 0.0387. The monoisotopic (exact) mass is 1120 g/mol. The fourth-order valence-electron chi connectivity index (χ4n) is 10.0. The van der Waals surface area contributed by atoms with Gasteiger partial charge in [0.15, 0.2) is 5.71 Å². The fraction of sp³-hybridized carbons (Fsp3) is 0.280. The number of ketones is 1. The minimum atomic E-state index is -4.98. The Balaban J connectivity index is 1.20. The van der Waals surface area contributed by atoms with E-state index in [0.29, 0.717) is 69.7 Å². The van der Waals surface area contributed by atoms with Crippen LogP contribution in [0.15, 0.2) is 116 Å². The maximum absolute atomic E-state index is 13.4. The number of fused-ring (bicyclic) bond motifs is 6. The van der Waals surface area contributed by atoms with Crippen molar-refractivity contribution in [3.63, 3.8) is 0 Å². The number of hydrogen-bond acceptors (Lipinski definition) is 15. The highest BCUT2D eigenvalue weighted by atomic mass is 32.2. The maximum Gasteiger partial charge on any atom is 0.295 e. The first-order valence-corrected chi connectivity index (χ1v) is 29.8. The Labute approximate surface area is 437 Å². The summed E-state index contributed by atoms with van der Waals surface area (Å²) in [5.74, 6) is -0.854. The van der Waals surface area contributed by atoms with E-state index in [9.17, 15) is 56.9 Å². The number of sulfonamides is 1. The van der Waals surface area contributed by atoms with Gasteiger partial charge in [-0.25, -0.2) is 13.6 Å². The first kappa shape index (κ1) is 54.8. The van der Waals surface area contributed by atoms with E-state index in [1.54, 1.807) is 25.1 Å². The SMILES string of the molecule is CCN1/C(=C/C=C(/C=C/C2=[N+](CC)c3ccc4c(C)cc(S(=O)(=O)O)cc4c3C2(C)C)c2ccc(C(=O)NCCC(=O)Cc3nnc(S(N)(=O)=O)s3)cn2)C(C)(C)c2c1ccc1c(S(=O)(=O)O)cc(S(=O)(=O)O)cc21. The number of nitrogens with zero attached hydrogens (tertiary/aromatic N) is 5. The van der Waals surface area contributed by atoms with E-state index in [1.165, 1.54) is 30.5 Å². The van der Waals surface area contributed by atoms with Gasteiger partial charge >= 0.3 is 0 Å². The number of primary sulfonamides is 1. The van der Waals surface area contributed by atoms with Gasteiger partial charge in [-0.2, -0.15) is 29.8 Å². The minimum absolute atomic E-state index is 0.0390. The number of allylic oxidation sites excluding steroid dienone is 6. The van der Waals surface area contributed by atoms with Crippen LogP contribution in [0.1, 0.15) is 85.7 Å². The number of carbonyl (C=O) groups is 2. The zero-order chi connectivity index (χ0) is 55.0. The maximum atomic E-state index is 13.4. The number of hydrogen-bond donors (Lipinski definition) is 5. The molecule has 0 unspecified atom stereocenters. The van der Waals surface area contributed by atoms with Gasteiger partial charge < -0.3 is 10.2 Å². The van der Waals surface area contributed by atoms with Gasteiger partial charge in [0.1, 0.15) is 22.2 Å². The second-order valence-electron chi connectivity index (χ2n) is 19.0. The van der Waals surface area contributed by atoms with Gasteiger partial charge in [-0.05, 0) is 123 Å². The molecular weight excluding hydrogens is 1070 g/mol. The molecule has 2 aliphatic heterocycles. The average Bonchev–Trinajstić information content (AvgIpc) is 3.95. The lowest BCUT2D eigenvalue weighted by Gasteiger charge is -2.26. The van der Waals surface area contributed by atoms with Gasteiger partial charge in [0.25, 0.3) is 46.3 Å². The van der Waals surface area contributed by atoms with Crippen molar-refractivity contribution in [3.8, 4) is 0 Å². The number of amides is 1. The molecule has 6 aromatic rings. The van der Waals surface area contributed by atoms with Gasteiger partial charge in [0, 0.05) is 71.2 Å². The lowest BCUT2D eigenvalue weighted by Crippen LogP contribution is -2.28. The number of nitrogens with one attached hydrogen (secondary N) is 1. The first-order chi connectivity index (χ1) is 34.9. The van der Waals surface area contributed by atoms with Crippen LogP contribution < -0.4 is 15.4 Å². The lowest BCUT2D eigenvalue weighted by atomic mass is 9.78. The van der Waals surface area contributed by atoms with Gasteiger partial charge in [-0.15, -0.1) is 10.2 Å². The third-order valence-corrected chi connectivity index (χ3v) is 18.2. The molecule has 20 nitrogen and oxygen atoms in total. The summed E-state index contributed by atoms with van der Waals surface area (Å²) in [6, 6.07) is 15.1. The summed E-state index contributed by atoms with van der Waals surface area (Å²) in [7, 11) is -18.5. The number of nitrogens with two attached hydrogens (primary N) is 1. The molecule has 75 heavy (non-hydrogen) atoms. The van der Waals surface area contributed by atoms with Gasteiger partial charge in [-0.3, -0.25) is 28.2 Å². The smallest absolute Gasteiger partial charge is 0.295 e. The van der Waals surface area contributed by atoms with Crippen molar-refractivity contribution < 1.29 is 61.5 Å². The molecule has 2 aliphatic rings. The molecule has 0 aliphatic carbocycles. The third kappa shape index (κ3) is 10.5. The largest absolute Gasteiger partial charge is 0.352 e. The Morgan fingerprint density at radius 2 is 1.45 bits per heavy atom. The standard InChI is InChI=1S/C50H51N7O13S5/c1-8-56-39-16-13-34-28(3)22-32(73(62,63)64)24-36(34)45(39)49(4,5)42(56)18-11-29(38-15-10-30(27-53-38)47(59)52-21-20-31(58)23-44-54-55-48(71-44)72(51,60)61)12-19-43-50(6,7)46-37-25-33(74(65,66)67)26-41(75(68,69)70)35(37)14-17-40(46)57(43)9-2/h10-19,22,24-27H,8-9,20-21,23H2,1-7H3,(H5-,51,52,59,60,61,62,63,64,65,66,67,68,69,70)/p+1. The van der Waals surface area contributed by atoms with Crippen LogP contribution >= 0.6 is 11.3 Å². The molecule has 0 spiro atoms. The molecule has 2 aromatic heterocycles. The number of benzene rings is 4. The highest BCUT2D eigenvalue weighted by Gasteiger charge is 2.46. The Bertz CT molecular complexity index is 4030. The highest BCUT2D eigenvalue weighted by Crippen LogP contribution is 2.52. The number of carbonyl (C=O) groups excluding carboxylic acids is 2. The number of rotatable bonds is 16. The normalized spacial score (nSPS) is 16.4. The van der Waals surface area contributed by atoms with E-state index in [2.05, 4.69) is 20.1 Å². The molecule has 0 saturated carbocycles. The molecule has 8 rings (SSSR count). The van der Waals surface area contributed by atoms with Crippen LogP contribution in [-0.2, 0) is 62.4 Å². The Morgan fingerprint density at radius 1 is 0.800 bits per heavy atom. The number of likely N-dealkylation sites (N-methyl/N-ethyl adjacent to an activating group) is 1. The van der Waals surface area contributed by atoms with Crippen molar-refractivity contribution in [2.75, 3.05) is 24.5 Å². The molecule has 0 atom stereocenters.